The Labute approximate surface area is 80.6 Å². The summed E-state index contributed by atoms with van der Waals surface area (Å²) in [6.07, 6.45) is -0.169. The Balaban J connectivity index is 3.02. The molecule has 0 bridgehead atoms. The molecule has 76 valence electrons. The van der Waals surface area contributed by atoms with Crippen LogP contribution in [0.2, 0.25) is 0 Å². The van der Waals surface area contributed by atoms with Crippen molar-refractivity contribution in [3.63, 3.8) is 0 Å². The molecule has 0 heterocycles. The maximum atomic E-state index is 13.3. The summed E-state index contributed by atoms with van der Waals surface area (Å²) in [6.45, 7) is 0. The lowest BCUT2D eigenvalue weighted by atomic mass is 10.1. The highest BCUT2D eigenvalue weighted by Gasteiger charge is 2.11. The first-order chi connectivity index (χ1) is 6.54. The zero-order chi connectivity index (χ0) is 10.7. The van der Waals surface area contributed by atoms with Gasteiger partial charge in [0.2, 0.25) is 0 Å². The van der Waals surface area contributed by atoms with Crippen LogP contribution in [-0.2, 0) is 16.0 Å². The predicted molar refractivity (Wildman–Crippen MR) is 50.9 cm³/mol. The van der Waals surface area contributed by atoms with Gasteiger partial charge < -0.3 is 16.2 Å². The number of hydrogen-bond acceptors (Lipinski definition) is 4. The van der Waals surface area contributed by atoms with Gasteiger partial charge in [0.15, 0.2) is 0 Å². The molecule has 0 radical (unpaired) electrons. The van der Waals surface area contributed by atoms with Gasteiger partial charge in [0.25, 0.3) is 0 Å². The first kappa shape index (κ1) is 10.3. The highest BCUT2D eigenvalue weighted by atomic mass is 19.1. The Hall–Kier alpha value is -1.78. The topological polar surface area (TPSA) is 78.3 Å². The van der Waals surface area contributed by atoms with Crippen LogP contribution >= 0.6 is 0 Å². The Morgan fingerprint density at radius 1 is 1.50 bits per heavy atom. The molecule has 0 aliphatic heterocycles. The molecule has 5 heteroatoms. The number of anilines is 2. The molecule has 4 nitrogen and oxygen atoms in total. The first-order valence-corrected chi connectivity index (χ1v) is 3.94. The van der Waals surface area contributed by atoms with E-state index in [0.29, 0.717) is 5.69 Å². The second kappa shape index (κ2) is 3.95. The van der Waals surface area contributed by atoms with E-state index in [1.54, 1.807) is 0 Å². The maximum Gasteiger partial charge on any atom is 0.310 e. The second-order valence-corrected chi connectivity index (χ2v) is 2.84. The molecule has 1 aromatic carbocycles. The van der Waals surface area contributed by atoms with E-state index in [4.69, 9.17) is 11.5 Å². The molecule has 0 spiro atoms. The van der Waals surface area contributed by atoms with E-state index in [9.17, 15) is 9.18 Å². The van der Waals surface area contributed by atoms with Crippen LogP contribution in [0.3, 0.4) is 0 Å². The summed E-state index contributed by atoms with van der Waals surface area (Å²) >= 11 is 0. The van der Waals surface area contributed by atoms with E-state index in [2.05, 4.69) is 4.74 Å². The molecule has 0 fully saturated rings. The van der Waals surface area contributed by atoms with Gasteiger partial charge in [-0.3, -0.25) is 4.79 Å². The molecule has 0 amide bonds. The van der Waals surface area contributed by atoms with Gasteiger partial charge in [-0.25, -0.2) is 4.39 Å². The van der Waals surface area contributed by atoms with Gasteiger partial charge in [-0.1, -0.05) is 0 Å². The van der Waals surface area contributed by atoms with Crippen molar-refractivity contribution in [2.24, 2.45) is 0 Å². The number of rotatable bonds is 2. The Morgan fingerprint density at radius 3 is 2.71 bits per heavy atom. The highest BCUT2D eigenvalue weighted by molar-refractivity contribution is 5.74. The zero-order valence-electron chi connectivity index (χ0n) is 7.71. The number of carbonyl (C=O) groups excluding carboxylic acids is 1. The summed E-state index contributed by atoms with van der Waals surface area (Å²) in [6, 6.07) is 2.67. The van der Waals surface area contributed by atoms with Crippen LogP contribution in [-0.4, -0.2) is 13.1 Å². The van der Waals surface area contributed by atoms with E-state index < -0.39 is 11.8 Å². The third-order valence-electron chi connectivity index (χ3n) is 1.76. The molecular weight excluding hydrogens is 187 g/mol. The minimum atomic E-state index is -0.621. The van der Waals surface area contributed by atoms with Crippen molar-refractivity contribution < 1.29 is 13.9 Å². The number of ether oxygens (including phenoxy) is 1. The minimum absolute atomic E-state index is 0.0658. The third kappa shape index (κ3) is 2.12. The number of halogens is 1. The fourth-order valence-corrected chi connectivity index (χ4v) is 1.09. The second-order valence-electron chi connectivity index (χ2n) is 2.84. The van der Waals surface area contributed by atoms with Crippen LogP contribution in [0.4, 0.5) is 15.8 Å². The Kier molecular flexibility index (Phi) is 2.91. The summed E-state index contributed by atoms with van der Waals surface area (Å²) in [7, 11) is 1.23. The minimum Gasteiger partial charge on any atom is -0.469 e. The lowest BCUT2D eigenvalue weighted by Gasteiger charge is -2.05. The number of nitrogens with two attached hydrogens (primary N) is 2. The molecule has 0 aliphatic rings. The fraction of sp³-hybridized carbons (Fsp3) is 0.222. The molecular formula is C9H11FN2O2. The van der Waals surface area contributed by atoms with E-state index in [1.165, 1.54) is 19.2 Å². The molecule has 0 atom stereocenters. The van der Waals surface area contributed by atoms with E-state index in [-0.39, 0.29) is 17.7 Å². The average molecular weight is 198 g/mol. The molecule has 0 unspecified atom stereocenters. The first-order valence-electron chi connectivity index (χ1n) is 3.94. The quantitative estimate of drug-likeness (QED) is 0.541. The van der Waals surface area contributed by atoms with Gasteiger partial charge in [0.1, 0.15) is 5.82 Å². The SMILES string of the molecule is COC(=O)Cc1cc(N)cc(N)c1F. The Bertz CT molecular complexity index is 366. The van der Waals surface area contributed by atoms with Crippen molar-refractivity contribution in [2.75, 3.05) is 18.6 Å². The smallest absolute Gasteiger partial charge is 0.310 e. The molecule has 1 aromatic rings. The van der Waals surface area contributed by atoms with Gasteiger partial charge in [0.05, 0.1) is 19.2 Å². The largest absolute Gasteiger partial charge is 0.469 e. The molecule has 0 saturated carbocycles. The van der Waals surface area contributed by atoms with Crippen LogP contribution in [0.15, 0.2) is 12.1 Å². The van der Waals surface area contributed by atoms with Gasteiger partial charge in [0, 0.05) is 11.3 Å². The van der Waals surface area contributed by atoms with Crippen LogP contribution in [0.25, 0.3) is 0 Å². The summed E-state index contributed by atoms with van der Waals surface area (Å²) in [4.78, 5) is 10.9. The molecule has 14 heavy (non-hydrogen) atoms. The summed E-state index contributed by atoms with van der Waals surface area (Å²) < 4.78 is 17.7. The number of benzene rings is 1. The van der Waals surface area contributed by atoms with E-state index >= 15 is 0 Å². The molecule has 4 N–H and O–H groups in total. The normalized spacial score (nSPS) is 9.86. The van der Waals surface area contributed by atoms with Gasteiger partial charge in [-0.15, -0.1) is 0 Å². The number of methoxy groups -OCH3 is 1. The maximum absolute atomic E-state index is 13.3. The van der Waals surface area contributed by atoms with Crippen LogP contribution in [0, 0.1) is 5.82 Å². The lowest BCUT2D eigenvalue weighted by Crippen LogP contribution is -2.08. The monoisotopic (exact) mass is 198 g/mol. The van der Waals surface area contributed by atoms with Gasteiger partial charge >= 0.3 is 5.97 Å². The zero-order valence-corrected chi connectivity index (χ0v) is 7.71. The van der Waals surface area contributed by atoms with Crippen molar-refractivity contribution in [1.82, 2.24) is 0 Å². The van der Waals surface area contributed by atoms with Gasteiger partial charge in [-0.2, -0.15) is 0 Å². The third-order valence-corrected chi connectivity index (χ3v) is 1.76. The summed E-state index contributed by atoms with van der Waals surface area (Å²) in [5.74, 6) is -1.15. The molecule has 0 saturated heterocycles. The van der Waals surface area contributed by atoms with Crippen LogP contribution in [0.1, 0.15) is 5.56 Å². The van der Waals surface area contributed by atoms with Crippen molar-refractivity contribution in [2.45, 2.75) is 6.42 Å². The number of carbonyl (C=O) groups is 1. The fourth-order valence-electron chi connectivity index (χ4n) is 1.09. The highest BCUT2D eigenvalue weighted by Crippen LogP contribution is 2.20. The van der Waals surface area contributed by atoms with Crippen molar-refractivity contribution in [3.8, 4) is 0 Å². The van der Waals surface area contributed by atoms with E-state index in [1.807, 2.05) is 0 Å². The molecule has 1 rings (SSSR count). The summed E-state index contributed by atoms with van der Waals surface area (Å²) in [5.41, 5.74) is 11.2. The lowest BCUT2D eigenvalue weighted by molar-refractivity contribution is -0.139. The van der Waals surface area contributed by atoms with Crippen molar-refractivity contribution in [3.05, 3.63) is 23.5 Å². The number of hydrogen-bond donors (Lipinski definition) is 2. The summed E-state index contributed by atoms with van der Waals surface area (Å²) in [5, 5.41) is 0. The molecule has 0 aromatic heterocycles. The Morgan fingerprint density at radius 2 is 2.14 bits per heavy atom. The van der Waals surface area contributed by atoms with E-state index in [0.717, 1.165) is 0 Å². The predicted octanol–water partition coefficient (Wildman–Crippen LogP) is 0.706. The van der Waals surface area contributed by atoms with Crippen molar-refractivity contribution >= 4 is 17.3 Å². The van der Waals surface area contributed by atoms with Crippen molar-refractivity contribution in [1.29, 1.82) is 0 Å². The van der Waals surface area contributed by atoms with Crippen LogP contribution < -0.4 is 11.5 Å². The number of esters is 1. The average Bonchev–Trinajstić information content (AvgIpc) is 2.13. The van der Waals surface area contributed by atoms with Crippen LogP contribution in [0.5, 0.6) is 0 Å². The van der Waals surface area contributed by atoms with Gasteiger partial charge in [-0.05, 0) is 12.1 Å². The standard InChI is InChI=1S/C9H11FN2O2/c1-14-8(13)3-5-2-6(11)4-7(12)9(5)10/h2,4H,3,11-12H2,1H3. The molecule has 0 aliphatic carbocycles. The number of nitrogen functional groups attached to an aromatic ring is 2.